The van der Waals surface area contributed by atoms with Gasteiger partial charge in [-0.25, -0.2) is 15.4 Å². The molecule has 8 nitrogen and oxygen atoms in total. The van der Waals surface area contributed by atoms with E-state index in [4.69, 9.17) is 4.84 Å². The monoisotopic (exact) mass is 308 g/mol. The lowest BCUT2D eigenvalue weighted by Gasteiger charge is -2.30. The first kappa shape index (κ1) is 15.2. The van der Waals surface area contributed by atoms with E-state index in [2.05, 4.69) is 15.4 Å². The Kier molecular flexibility index (Phi) is 3.77. The van der Waals surface area contributed by atoms with Crippen LogP contribution in [0.4, 0.5) is 5.82 Å². The number of aromatic nitrogens is 3. The smallest absolute Gasteiger partial charge is 0.162 e. The highest BCUT2D eigenvalue weighted by Crippen LogP contribution is 2.44. The van der Waals surface area contributed by atoms with Crippen molar-refractivity contribution in [3.63, 3.8) is 0 Å². The predicted octanol–water partition coefficient (Wildman–Crippen LogP) is 0.0698. The molecule has 2 aromatic rings. The molecule has 1 aliphatic carbocycles. The third kappa shape index (κ3) is 2.15. The zero-order valence-electron chi connectivity index (χ0n) is 12.5. The molecule has 4 N–H and O–H groups in total. The summed E-state index contributed by atoms with van der Waals surface area (Å²) in [6.45, 7) is 1.41. The molecule has 2 heterocycles. The van der Waals surface area contributed by atoms with Gasteiger partial charge in [-0.1, -0.05) is 0 Å². The van der Waals surface area contributed by atoms with Crippen LogP contribution in [-0.4, -0.2) is 55.3 Å². The van der Waals surface area contributed by atoms with Gasteiger partial charge in [-0.3, -0.25) is 4.84 Å². The molecular formula is C14H20N4O4. The van der Waals surface area contributed by atoms with E-state index in [1.54, 1.807) is 13.1 Å². The van der Waals surface area contributed by atoms with Crippen LogP contribution in [0.25, 0.3) is 11.0 Å². The van der Waals surface area contributed by atoms with Crippen molar-refractivity contribution in [2.45, 2.75) is 31.1 Å². The molecule has 22 heavy (non-hydrogen) atoms. The van der Waals surface area contributed by atoms with Gasteiger partial charge < -0.3 is 19.9 Å². The predicted molar refractivity (Wildman–Crippen MR) is 79.0 cm³/mol. The first-order chi connectivity index (χ1) is 10.5. The van der Waals surface area contributed by atoms with Crippen LogP contribution in [0, 0.1) is 5.92 Å². The molecule has 120 valence electrons. The molecule has 0 saturated heterocycles. The first-order valence-electron chi connectivity index (χ1n) is 7.12. The lowest BCUT2D eigenvalue weighted by atomic mass is 9.96. The topological polar surface area (TPSA) is 113 Å². The fourth-order valence-corrected chi connectivity index (χ4v) is 3.30. The van der Waals surface area contributed by atoms with Crippen LogP contribution >= 0.6 is 0 Å². The number of fused-ring (bicyclic) bond motifs is 1. The van der Waals surface area contributed by atoms with Gasteiger partial charge in [0.25, 0.3) is 0 Å². The lowest BCUT2D eigenvalue weighted by molar-refractivity contribution is -0.0776. The second-order valence-corrected chi connectivity index (χ2v) is 5.85. The molecule has 0 aliphatic heterocycles. The molecule has 4 atom stereocenters. The van der Waals surface area contributed by atoms with Crippen LogP contribution in [0.1, 0.15) is 19.4 Å². The fraction of sp³-hybridized carbons (Fsp3) is 0.571. The van der Waals surface area contributed by atoms with Crippen LogP contribution in [0.15, 0.2) is 18.6 Å². The van der Waals surface area contributed by atoms with E-state index in [1.807, 2.05) is 10.6 Å². The summed E-state index contributed by atoms with van der Waals surface area (Å²) in [6, 6.07) is 1.44. The van der Waals surface area contributed by atoms with Crippen LogP contribution in [-0.2, 0) is 4.84 Å². The molecule has 3 unspecified atom stereocenters. The minimum atomic E-state index is -1.35. The molecule has 0 bridgehead atoms. The quantitative estimate of drug-likeness (QED) is 0.591. The maximum Gasteiger partial charge on any atom is 0.162 e. The van der Waals surface area contributed by atoms with Gasteiger partial charge in [0.1, 0.15) is 17.6 Å². The maximum atomic E-state index is 10.7. The van der Waals surface area contributed by atoms with Crippen molar-refractivity contribution in [1.29, 1.82) is 0 Å². The lowest BCUT2D eigenvalue weighted by Crippen LogP contribution is -2.42. The highest BCUT2D eigenvalue weighted by Gasteiger charge is 2.51. The Morgan fingerprint density at radius 3 is 2.91 bits per heavy atom. The molecule has 0 amide bonds. The molecule has 0 aromatic carbocycles. The molecule has 0 radical (unpaired) electrons. The second-order valence-electron chi connectivity index (χ2n) is 5.85. The van der Waals surface area contributed by atoms with Crippen LogP contribution in [0.3, 0.4) is 0 Å². The maximum absolute atomic E-state index is 10.7. The van der Waals surface area contributed by atoms with Crippen molar-refractivity contribution in [2.75, 3.05) is 19.2 Å². The molecule has 1 aliphatic rings. The van der Waals surface area contributed by atoms with E-state index in [9.17, 15) is 15.3 Å². The summed E-state index contributed by atoms with van der Waals surface area (Å²) < 4.78 is 1.82. The van der Waals surface area contributed by atoms with E-state index in [-0.39, 0.29) is 18.6 Å². The Morgan fingerprint density at radius 2 is 2.27 bits per heavy atom. The van der Waals surface area contributed by atoms with Gasteiger partial charge in [0.05, 0.1) is 24.6 Å². The summed E-state index contributed by atoms with van der Waals surface area (Å²) in [7, 11) is 1.49. The van der Waals surface area contributed by atoms with Gasteiger partial charge in [-0.2, -0.15) is 0 Å². The number of nitrogens with zero attached hydrogens (tertiary/aromatic N) is 3. The zero-order valence-corrected chi connectivity index (χ0v) is 12.5. The van der Waals surface area contributed by atoms with E-state index >= 15 is 0 Å². The second kappa shape index (κ2) is 5.47. The normalized spacial score (nSPS) is 31.8. The minimum absolute atomic E-state index is 0.168. The van der Waals surface area contributed by atoms with E-state index in [0.29, 0.717) is 17.9 Å². The SMILES string of the molecule is CONc1ncnc2c1ccn2C1CC(CO)C(O)[C@@]1(C)O. The van der Waals surface area contributed by atoms with Gasteiger partial charge in [0, 0.05) is 18.7 Å². The number of hydrogen-bond acceptors (Lipinski definition) is 7. The molecule has 0 spiro atoms. The van der Waals surface area contributed by atoms with Crippen molar-refractivity contribution < 1.29 is 20.2 Å². The summed E-state index contributed by atoms with van der Waals surface area (Å²) in [6.07, 6.45) is 2.68. The standard InChI is InChI=1S/C14H20N4O4/c1-14(21)10(5-8(6-19)11(14)20)18-4-3-9-12(17-22-2)15-7-16-13(9)18/h3-4,7-8,10-11,19-21H,5-6H2,1-2H3,(H,15,16,17)/t8?,10?,11?,14-/m0/s1. The average Bonchev–Trinajstić information content (AvgIpc) is 3.01. The van der Waals surface area contributed by atoms with Crippen LogP contribution < -0.4 is 5.48 Å². The third-order valence-electron chi connectivity index (χ3n) is 4.52. The fourth-order valence-electron chi connectivity index (χ4n) is 3.30. The summed E-state index contributed by atoms with van der Waals surface area (Å²) >= 11 is 0. The number of aliphatic hydroxyl groups excluding tert-OH is 2. The summed E-state index contributed by atoms with van der Waals surface area (Å²) in [5, 5.41) is 31.0. The zero-order chi connectivity index (χ0) is 15.9. The Balaban J connectivity index is 2.06. The Bertz CT molecular complexity index is 672. The summed E-state index contributed by atoms with van der Waals surface area (Å²) in [5.74, 6) is 0.166. The Hall–Kier alpha value is -1.74. The number of aliphatic hydroxyl groups is 3. The van der Waals surface area contributed by atoms with Crippen molar-refractivity contribution >= 4 is 16.9 Å². The number of rotatable bonds is 4. The number of nitrogens with one attached hydrogen (secondary N) is 1. The van der Waals surface area contributed by atoms with Gasteiger partial charge in [-0.15, -0.1) is 0 Å². The molecule has 1 fully saturated rings. The Morgan fingerprint density at radius 1 is 1.50 bits per heavy atom. The molecule has 1 saturated carbocycles. The largest absolute Gasteiger partial charge is 0.396 e. The molecule has 3 rings (SSSR count). The van der Waals surface area contributed by atoms with Crippen molar-refractivity contribution in [1.82, 2.24) is 14.5 Å². The van der Waals surface area contributed by atoms with Crippen LogP contribution in [0.2, 0.25) is 0 Å². The highest BCUT2D eigenvalue weighted by molar-refractivity contribution is 5.87. The van der Waals surface area contributed by atoms with Gasteiger partial charge in [-0.05, 0) is 19.4 Å². The Labute approximate surface area is 127 Å². The van der Waals surface area contributed by atoms with Gasteiger partial charge in [0.15, 0.2) is 5.82 Å². The van der Waals surface area contributed by atoms with Crippen molar-refractivity contribution in [2.24, 2.45) is 5.92 Å². The van der Waals surface area contributed by atoms with Crippen molar-refractivity contribution in [3.05, 3.63) is 18.6 Å². The highest BCUT2D eigenvalue weighted by atomic mass is 16.6. The van der Waals surface area contributed by atoms with E-state index in [1.165, 1.54) is 13.4 Å². The summed E-state index contributed by atoms with van der Waals surface area (Å²) in [5.41, 5.74) is 1.97. The molecule has 8 heteroatoms. The minimum Gasteiger partial charge on any atom is -0.396 e. The number of anilines is 1. The van der Waals surface area contributed by atoms with E-state index in [0.717, 1.165) is 5.39 Å². The van der Waals surface area contributed by atoms with Crippen molar-refractivity contribution in [3.8, 4) is 0 Å². The molecule has 2 aromatic heterocycles. The van der Waals surface area contributed by atoms with Gasteiger partial charge in [0.2, 0.25) is 0 Å². The van der Waals surface area contributed by atoms with Crippen LogP contribution in [0.5, 0.6) is 0 Å². The first-order valence-corrected chi connectivity index (χ1v) is 7.12. The van der Waals surface area contributed by atoms with Gasteiger partial charge >= 0.3 is 0 Å². The third-order valence-corrected chi connectivity index (χ3v) is 4.52. The number of hydrogen-bond donors (Lipinski definition) is 4. The average molecular weight is 308 g/mol. The summed E-state index contributed by atoms with van der Waals surface area (Å²) in [4.78, 5) is 13.3. The molecular weight excluding hydrogens is 288 g/mol. The van der Waals surface area contributed by atoms with E-state index < -0.39 is 11.7 Å².